The molecule has 0 aliphatic carbocycles. The fraction of sp³-hybridized carbons (Fsp3) is 0.562. The molecule has 0 amide bonds. The summed E-state index contributed by atoms with van der Waals surface area (Å²) in [5.41, 5.74) is 6.89. The van der Waals surface area contributed by atoms with Crippen molar-refractivity contribution in [3.05, 3.63) is 35.1 Å². The minimum absolute atomic E-state index is 0.0631. The predicted octanol–water partition coefficient (Wildman–Crippen LogP) is 3.37. The molecular weight excluding hydrogens is 269 g/mol. The van der Waals surface area contributed by atoms with Crippen LogP contribution in [0.2, 0.25) is 0 Å². The molecule has 4 nitrogen and oxygen atoms in total. The van der Waals surface area contributed by atoms with Gasteiger partial charge in [0.15, 0.2) is 5.84 Å². The van der Waals surface area contributed by atoms with Crippen LogP contribution in [0.15, 0.2) is 23.4 Å². The van der Waals surface area contributed by atoms with Crippen LogP contribution in [0, 0.1) is 5.82 Å². The third-order valence-electron chi connectivity index (χ3n) is 3.58. The molecule has 1 rings (SSSR count). The number of nitrogens with two attached hydrogens (primary N) is 1. The van der Waals surface area contributed by atoms with E-state index in [0.717, 1.165) is 24.8 Å². The van der Waals surface area contributed by atoms with Crippen molar-refractivity contribution in [2.24, 2.45) is 10.9 Å². The largest absolute Gasteiger partial charge is 0.409 e. The Kier molecular flexibility index (Phi) is 7.75. The van der Waals surface area contributed by atoms with Crippen molar-refractivity contribution >= 4 is 5.84 Å². The van der Waals surface area contributed by atoms with Crippen molar-refractivity contribution in [1.29, 1.82) is 0 Å². The van der Waals surface area contributed by atoms with E-state index in [2.05, 4.69) is 24.3 Å². The smallest absolute Gasteiger partial charge is 0.170 e. The van der Waals surface area contributed by atoms with Gasteiger partial charge in [0.25, 0.3) is 0 Å². The lowest BCUT2D eigenvalue weighted by atomic mass is 10.0. The maximum Gasteiger partial charge on any atom is 0.170 e. The molecule has 0 spiro atoms. The molecule has 0 bridgehead atoms. The van der Waals surface area contributed by atoms with Crippen molar-refractivity contribution in [2.45, 2.75) is 58.5 Å². The lowest BCUT2D eigenvalue weighted by molar-refractivity contribution is 0.318. The van der Waals surface area contributed by atoms with Gasteiger partial charge in [0.05, 0.1) is 0 Å². The van der Waals surface area contributed by atoms with E-state index in [0.29, 0.717) is 18.2 Å². The fourth-order valence-corrected chi connectivity index (χ4v) is 2.40. The summed E-state index contributed by atoms with van der Waals surface area (Å²) in [5.74, 6) is -0.455. The molecule has 21 heavy (non-hydrogen) atoms. The molecular formula is C16H26FN3O. The molecule has 0 heterocycles. The molecule has 0 radical (unpaired) electrons. The van der Waals surface area contributed by atoms with Gasteiger partial charge in [-0.2, -0.15) is 0 Å². The average Bonchev–Trinajstić information content (AvgIpc) is 2.50. The monoisotopic (exact) mass is 295 g/mol. The molecule has 5 heteroatoms. The van der Waals surface area contributed by atoms with E-state index >= 15 is 0 Å². The van der Waals surface area contributed by atoms with Gasteiger partial charge in [-0.1, -0.05) is 44.3 Å². The lowest BCUT2D eigenvalue weighted by Crippen LogP contribution is -2.29. The Morgan fingerprint density at radius 3 is 2.71 bits per heavy atom. The van der Waals surface area contributed by atoms with E-state index in [4.69, 9.17) is 10.9 Å². The van der Waals surface area contributed by atoms with E-state index in [1.165, 1.54) is 25.0 Å². The summed E-state index contributed by atoms with van der Waals surface area (Å²) < 4.78 is 13.3. The van der Waals surface area contributed by atoms with Gasteiger partial charge in [0, 0.05) is 18.2 Å². The molecule has 1 atom stereocenters. The Hall–Kier alpha value is -1.62. The molecule has 0 saturated carbocycles. The summed E-state index contributed by atoms with van der Waals surface area (Å²) in [4.78, 5) is 0. The van der Waals surface area contributed by atoms with Crippen molar-refractivity contribution in [2.75, 3.05) is 0 Å². The number of unbranched alkanes of at least 4 members (excludes halogenated alkanes) is 1. The van der Waals surface area contributed by atoms with Crippen LogP contribution in [0.4, 0.5) is 4.39 Å². The number of oxime groups is 1. The summed E-state index contributed by atoms with van der Waals surface area (Å²) in [5, 5.41) is 15.3. The average molecular weight is 295 g/mol. The van der Waals surface area contributed by atoms with E-state index in [1.54, 1.807) is 6.07 Å². The molecule has 1 unspecified atom stereocenters. The Morgan fingerprint density at radius 2 is 2.10 bits per heavy atom. The fourth-order valence-electron chi connectivity index (χ4n) is 2.40. The van der Waals surface area contributed by atoms with Gasteiger partial charge >= 0.3 is 0 Å². The second kappa shape index (κ2) is 9.34. The first-order chi connectivity index (χ1) is 10.1. The van der Waals surface area contributed by atoms with Crippen LogP contribution in [0.1, 0.15) is 57.1 Å². The zero-order chi connectivity index (χ0) is 15.7. The van der Waals surface area contributed by atoms with Crippen molar-refractivity contribution in [3.63, 3.8) is 0 Å². The standard InChI is InChI=1S/C16H26FN3O/c1-3-5-7-14(6-4-2)19-11-12-8-9-13(17)10-15(12)16(18)20-21/h8-10,14,19,21H,3-7,11H2,1-2H3,(H2,18,20). The van der Waals surface area contributed by atoms with Crippen molar-refractivity contribution < 1.29 is 9.60 Å². The van der Waals surface area contributed by atoms with E-state index < -0.39 is 5.82 Å². The molecule has 0 saturated heterocycles. The SMILES string of the molecule is CCCCC(CCC)NCc1ccc(F)cc1/C(N)=N/O. The molecule has 0 aliphatic heterocycles. The Bertz CT molecular complexity index is 463. The van der Waals surface area contributed by atoms with Gasteiger partial charge in [-0.15, -0.1) is 0 Å². The highest BCUT2D eigenvalue weighted by Gasteiger charge is 2.11. The minimum Gasteiger partial charge on any atom is -0.409 e. The first-order valence-electron chi connectivity index (χ1n) is 7.62. The molecule has 4 N–H and O–H groups in total. The number of hydrogen-bond acceptors (Lipinski definition) is 3. The highest BCUT2D eigenvalue weighted by Crippen LogP contribution is 2.13. The number of amidine groups is 1. The number of benzene rings is 1. The van der Waals surface area contributed by atoms with Crippen LogP contribution in [-0.4, -0.2) is 17.1 Å². The number of nitrogens with zero attached hydrogens (tertiary/aromatic N) is 1. The van der Waals surface area contributed by atoms with Crippen LogP contribution in [0.5, 0.6) is 0 Å². The van der Waals surface area contributed by atoms with E-state index in [-0.39, 0.29) is 5.84 Å². The minimum atomic E-state index is -0.392. The predicted molar refractivity (Wildman–Crippen MR) is 84.0 cm³/mol. The summed E-state index contributed by atoms with van der Waals surface area (Å²) in [7, 11) is 0. The van der Waals surface area contributed by atoms with Crippen molar-refractivity contribution in [1.82, 2.24) is 5.32 Å². The number of halogens is 1. The summed E-state index contributed by atoms with van der Waals surface area (Å²) >= 11 is 0. The highest BCUT2D eigenvalue weighted by atomic mass is 19.1. The summed E-state index contributed by atoms with van der Waals surface area (Å²) in [6.07, 6.45) is 5.73. The van der Waals surface area contributed by atoms with Crippen LogP contribution in [0.3, 0.4) is 0 Å². The zero-order valence-corrected chi connectivity index (χ0v) is 12.9. The van der Waals surface area contributed by atoms with Gasteiger partial charge in [-0.25, -0.2) is 4.39 Å². The molecule has 1 aromatic rings. The number of hydrogen-bond donors (Lipinski definition) is 3. The first-order valence-corrected chi connectivity index (χ1v) is 7.62. The maximum absolute atomic E-state index is 13.3. The van der Waals surface area contributed by atoms with Crippen LogP contribution in [0.25, 0.3) is 0 Å². The molecule has 0 aromatic heterocycles. The van der Waals surface area contributed by atoms with Crippen LogP contribution in [-0.2, 0) is 6.54 Å². The quantitative estimate of drug-likeness (QED) is 0.283. The Morgan fingerprint density at radius 1 is 1.33 bits per heavy atom. The third kappa shape index (κ3) is 5.71. The van der Waals surface area contributed by atoms with Crippen LogP contribution >= 0.6 is 0 Å². The molecule has 0 fully saturated rings. The lowest BCUT2D eigenvalue weighted by Gasteiger charge is -2.19. The van der Waals surface area contributed by atoms with Gasteiger partial charge in [-0.3, -0.25) is 0 Å². The van der Waals surface area contributed by atoms with Gasteiger partial charge < -0.3 is 16.3 Å². The molecule has 0 aliphatic rings. The second-order valence-corrected chi connectivity index (χ2v) is 5.30. The normalized spacial score (nSPS) is 13.4. The molecule has 118 valence electrons. The third-order valence-corrected chi connectivity index (χ3v) is 3.58. The summed E-state index contributed by atoms with van der Waals surface area (Å²) in [6, 6.07) is 4.82. The first kappa shape index (κ1) is 17.4. The van der Waals surface area contributed by atoms with Crippen molar-refractivity contribution in [3.8, 4) is 0 Å². The van der Waals surface area contributed by atoms with Gasteiger partial charge in [0.1, 0.15) is 5.82 Å². The molecule has 1 aromatic carbocycles. The highest BCUT2D eigenvalue weighted by molar-refractivity contribution is 5.98. The van der Waals surface area contributed by atoms with Gasteiger partial charge in [0.2, 0.25) is 0 Å². The Balaban J connectivity index is 2.77. The van der Waals surface area contributed by atoms with Gasteiger partial charge in [-0.05, 0) is 30.5 Å². The summed E-state index contributed by atoms with van der Waals surface area (Å²) in [6.45, 7) is 4.93. The Labute approximate surface area is 126 Å². The maximum atomic E-state index is 13.3. The topological polar surface area (TPSA) is 70.6 Å². The second-order valence-electron chi connectivity index (χ2n) is 5.30. The number of nitrogens with one attached hydrogen (secondary N) is 1. The zero-order valence-electron chi connectivity index (χ0n) is 12.9. The van der Waals surface area contributed by atoms with E-state index in [9.17, 15) is 4.39 Å². The van der Waals surface area contributed by atoms with E-state index in [1.807, 2.05) is 0 Å². The van der Waals surface area contributed by atoms with Crippen LogP contribution < -0.4 is 11.1 Å². The number of rotatable bonds is 9.